The number of hydrogen-bond donors (Lipinski definition) is 1. The molecule has 1 aromatic carbocycles. The van der Waals surface area contributed by atoms with Gasteiger partial charge in [0.1, 0.15) is 11.5 Å². The molecule has 2 aromatic rings. The number of aryl methyl sites for hydroxylation is 2. The van der Waals surface area contributed by atoms with Crippen LogP contribution in [-0.2, 0) is 6.54 Å². The van der Waals surface area contributed by atoms with Crippen LogP contribution in [0.3, 0.4) is 0 Å². The van der Waals surface area contributed by atoms with Gasteiger partial charge in [-0.25, -0.2) is 4.39 Å². The topological polar surface area (TPSA) is 39.1 Å². The molecule has 4 nitrogen and oxygen atoms in total. The minimum absolute atomic E-state index is 0.0895. The van der Waals surface area contributed by atoms with Crippen LogP contribution < -0.4 is 10.1 Å². The van der Waals surface area contributed by atoms with E-state index in [2.05, 4.69) is 17.3 Å². The highest BCUT2D eigenvalue weighted by atomic mass is 19.1. The van der Waals surface area contributed by atoms with Gasteiger partial charge in [-0.3, -0.25) is 4.68 Å². The van der Waals surface area contributed by atoms with Crippen molar-refractivity contribution in [2.75, 3.05) is 14.2 Å². The van der Waals surface area contributed by atoms with E-state index in [1.54, 1.807) is 26.3 Å². The Balaban J connectivity index is 2.49. The molecule has 0 aliphatic heterocycles. The number of ether oxygens (including phenoxy) is 1. The van der Waals surface area contributed by atoms with E-state index in [1.165, 1.54) is 6.07 Å². The monoisotopic (exact) mass is 291 g/mol. The zero-order valence-corrected chi connectivity index (χ0v) is 13.0. The quantitative estimate of drug-likeness (QED) is 0.889. The summed E-state index contributed by atoms with van der Waals surface area (Å²) in [6.07, 6.45) is 2.71. The lowest BCUT2D eigenvalue weighted by molar-refractivity contribution is 0.400. The third-order valence-corrected chi connectivity index (χ3v) is 3.58. The first-order valence-electron chi connectivity index (χ1n) is 7.15. The Morgan fingerprint density at radius 3 is 2.76 bits per heavy atom. The first kappa shape index (κ1) is 15.5. The lowest BCUT2D eigenvalue weighted by atomic mass is 10.0. The summed E-state index contributed by atoms with van der Waals surface area (Å²) < 4.78 is 20.9. The maximum absolute atomic E-state index is 13.5. The van der Waals surface area contributed by atoms with Crippen molar-refractivity contribution in [1.82, 2.24) is 15.1 Å². The number of halogens is 1. The van der Waals surface area contributed by atoms with Crippen molar-refractivity contribution in [2.45, 2.75) is 32.9 Å². The number of aromatic nitrogens is 2. The van der Waals surface area contributed by atoms with Crippen LogP contribution in [0, 0.1) is 12.7 Å². The van der Waals surface area contributed by atoms with Gasteiger partial charge in [0.2, 0.25) is 0 Å². The molecule has 5 heteroatoms. The van der Waals surface area contributed by atoms with E-state index in [4.69, 9.17) is 4.74 Å². The van der Waals surface area contributed by atoms with Gasteiger partial charge in [0.25, 0.3) is 0 Å². The molecule has 21 heavy (non-hydrogen) atoms. The van der Waals surface area contributed by atoms with Gasteiger partial charge in [0.15, 0.2) is 5.75 Å². The highest BCUT2D eigenvalue weighted by molar-refractivity contribution is 5.38. The fourth-order valence-electron chi connectivity index (χ4n) is 2.52. The minimum atomic E-state index is -0.192. The lowest BCUT2D eigenvalue weighted by Gasteiger charge is -2.20. The summed E-state index contributed by atoms with van der Waals surface area (Å²) in [5.74, 6) is 0.549. The number of benzene rings is 1. The molecule has 0 aliphatic rings. The number of methoxy groups -OCH3 is 1. The minimum Gasteiger partial charge on any atom is -0.493 e. The van der Waals surface area contributed by atoms with Gasteiger partial charge in [0, 0.05) is 6.54 Å². The molecule has 1 heterocycles. The van der Waals surface area contributed by atoms with Crippen LogP contribution in [0.25, 0.3) is 0 Å². The Hall–Kier alpha value is -1.88. The summed E-state index contributed by atoms with van der Waals surface area (Å²) in [4.78, 5) is 0. The Morgan fingerprint density at radius 1 is 1.43 bits per heavy atom. The van der Waals surface area contributed by atoms with Gasteiger partial charge in [-0.05, 0) is 37.6 Å². The largest absolute Gasteiger partial charge is 0.493 e. The molecule has 0 fully saturated rings. The molecule has 1 unspecified atom stereocenters. The molecule has 0 spiro atoms. The van der Waals surface area contributed by atoms with Crippen molar-refractivity contribution in [2.24, 2.45) is 0 Å². The van der Waals surface area contributed by atoms with Gasteiger partial charge >= 0.3 is 0 Å². The van der Waals surface area contributed by atoms with Crippen LogP contribution in [0.15, 0.2) is 24.4 Å². The van der Waals surface area contributed by atoms with E-state index in [1.807, 2.05) is 17.8 Å². The molecule has 1 aromatic heterocycles. The second-order valence-electron chi connectivity index (χ2n) is 5.05. The molecule has 0 radical (unpaired) electrons. The van der Waals surface area contributed by atoms with Crippen LogP contribution in [-0.4, -0.2) is 23.9 Å². The summed E-state index contributed by atoms with van der Waals surface area (Å²) in [6.45, 7) is 4.69. The van der Waals surface area contributed by atoms with Crippen molar-refractivity contribution < 1.29 is 9.13 Å². The second kappa shape index (κ2) is 6.72. The fraction of sp³-hybridized carbons (Fsp3) is 0.438. The Morgan fingerprint density at radius 2 is 2.19 bits per heavy atom. The van der Waals surface area contributed by atoms with Crippen LogP contribution in [0.2, 0.25) is 0 Å². The van der Waals surface area contributed by atoms with Crippen LogP contribution in [0.4, 0.5) is 4.39 Å². The molecule has 0 bridgehead atoms. The van der Waals surface area contributed by atoms with Crippen molar-refractivity contribution in [3.63, 3.8) is 0 Å². The number of rotatable bonds is 6. The van der Waals surface area contributed by atoms with Crippen LogP contribution in [0.5, 0.6) is 5.75 Å². The average Bonchev–Trinajstić information content (AvgIpc) is 2.87. The summed E-state index contributed by atoms with van der Waals surface area (Å²) >= 11 is 0. The van der Waals surface area contributed by atoms with E-state index >= 15 is 0 Å². The predicted octanol–water partition coefficient (Wildman–Crippen LogP) is 3.06. The van der Waals surface area contributed by atoms with Crippen molar-refractivity contribution in [1.29, 1.82) is 0 Å². The molecule has 114 valence electrons. The maximum Gasteiger partial charge on any atom is 0.161 e. The molecular formula is C16H22FN3O. The molecule has 0 aliphatic carbocycles. The molecule has 2 rings (SSSR count). The summed E-state index contributed by atoms with van der Waals surface area (Å²) in [7, 11) is 3.52. The van der Waals surface area contributed by atoms with Crippen molar-refractivity contribution >= 4 is 0 Å². The average molecular weight is 291 g/mol. The van der Waals surface area contributed by atoms with Gasteiger partial charge in [-0.2, -0.15) is 5.10 Å². The normalized spacial score (nSPS) is 12.4. The van der Waals surface area contributed by atoms with E-state index in [-0.39, 0.29) is 11.9 Å². The number of nitrogens with zero attached hydrogens (tertiary/aromatic N) is 2. The fourth-order valence-corrected chi connectivity index (χ4v) is 2.52. The highest BCUT2D eigenvalue weighted by Gasteiger charge is 2.22. The predicted molar refractivity (Wildman–Crippen MR) is 81.1 cm³/mol. The van der Waals surface area contributed by atoms with Crippen molar-refractivity contribution in [3.8, 4) is 5.75 Å². The molecule has 0 saturated heterocycles. The molecular weight excluding hydrogens is 269 g/mol. The Bertz CT molecular complexity index is 610. The van der Waals surface area contributed by atoms with E-state index < -0.39 is 0 Å². The summed E-state index contributed by atoms with van der Waals surface area (Å²) in [6, 6.07) is 5.07. The van der Waals surface area contributed by atoms with E-state index in [0.29, 0.717) is 5.56 Å². The highest BCUT2D eigenvalue weighted by Crippen LogP contribution is 2.30. The van der Waals surface area contributed by atoms with Crippen LogP contribution in [0.1, 0.15) is 36.2 Å². The third-order valence-electron chi connectivity index (χ3n) is 3.58. The van der Waals surface area contributed by atoms with E-state index in [0.717, 1.165) is 30.0 Å². The second-order valence-corrected chi connectivity index (χ2v) is 5.05. The van der Waals surface area contributed by atoms with Crippen molar-refractivity contribution in [3.05, 3.63) is 47.0 Å². The molecule has 0 saturated carbocycles. The Labute approximate surface area is 124 Å². The van der Waals surface area contributed by atoms with Gasteiger partial charge in [-0.15, -0.1) is 0 Å². The van der Waals surface area contributed by atoms with Gasteiger partial charge < -0.3 is 10.1 Å². The van der Waals surface area contributed by atoms with E-state index in [9.17, 15) is 4.39 Å². The first-order chi connectivity index (χ1) is 10.1. The zero-order chi connectivity index (χ0) is 15.4. The maximum atomic E-state index is 13.5. The SMILES string of the molecule is CCCn1ncc(OC)c1C(NC)c1ccc(F)c(C)c1. The standard InChI is InChI=1S/C16H22FN3O/c1-5-8-20-16(14(21-4)10-19-20)15(18-3)12-6-7-13(17)11(2)9-12/h6-7,9-10,15,18H,5,8H2,1-4H3. The zero-order valence-electron chi connectivity index (χ0n) is 13.0. The smallest absolute Gasteiger partial charge is 0.161 e. The summed E-state index contributed by atoms with van der Waals surface area (Å²) in [5, 5.41) is 7.67. The summed E-state index contributed by atoms with van der Waals surface area (Å²) in [5.41, 5.74) is 2.59. The third kappa shape index (κ3) is 3.08. The lowest BCUT2D eigenvalue weighted by Crippen LogP contribution is -2.22. The first-order valence-corrected chi connectivity index (χ1v) is 7.15. The molecule has 1 N–H and O–H groups in total. The van der Waals surface area contributed by atoms with Gasteiger partial charge in [0.05, 0.1) is 19.3 Å². The Kier molecular flexibility index (Phi) is 4.96. The molecule has 1 atom stereocenters. The van der Waals surface area contributed by atoms with Crippen LogP contribution >= 0.6 is 0 Å². The number of hydrogen-bond acceptors (Lipinski definition) is 3. The van der Waals surface area contributed by atoms with Gasteiger partial charge in [-0.1, -0.05) is 19.1 Å². The number of nitrogens with one attached hydrogen (secondary N) is 1. The molecule has 0 amide bonds.